The van der Waals surface area contributed by atoms with E-state index in [-0.39, 0.29) is 30.5 Å². The molecule has 2 amide bonds. The van der Waals surface area contributed by atoms with E-state index in [1.54, 1.807) is 7.05 Å². The Morgan fingerprint density at radius 1 is 1.36 bits per heavy atom. The molecule has 2 atom stereocenters. The van der Waals surface area contributed by atoms with Gasteiger partial charge < -0.3 is 20.3 Å². The van der Waals surface area contributed by atoms with Crippen LogP contribution in [0.25, 0.3) is 0 Å². The molecule has 1 aliphatic heterocycles. The quantitative estimate of drug-likeness (QED) is 0.812. The van der Waals surface area contributed by atoms with E-state index in [4.69, 9.17) is 4.74 Å². The summed E-state index contributed by atoms with van der Waals surface area (Å²) in [5.74, 6) is -0.300. The highest BCUT2D eigenvalue weighted by atomic mass is 16.5. The minimum absolute atomic E-state index is 0.0383. The summed E-state index contributed by atoms with van der Waals surface area (Å²) in [6.45, 7) is 3.61. The van der Waals surface area contributed by atoms with E-state index in [1.807, 2.05) is 37.3 Å². The number of rotatable bonds is 5. The minimum Gasteiger partial charge on any atom is -0.375 e. The molecule has 0 bridgehead atoms. The average Bonchev–Trinajstić information content (AvgIpc) is 2.53. The fourth-order valence-corrected chi connectivity index (χ4v) is 2.39. The molecule has 22 heavy (non-hydrogen) atoms. The molecule has 6 heteroatoms. The molecule has 0 spiro atoms. The Morgan fingerprint density at radius 2 is 2.09 bits per heavy atom. The van der Waals surface area contributed by atoms with Gasteiger partial charge in [0.2, 0.25) is 11.8 Å². The van der Waals surface area contributed by atoms with Crippen molar-refractivity contribution in [2.45, 2.75) is 25.6 Å². The maximum absolute atomic E-state index is 12.3. The lowest BCUT2D eigenvalue weighted by atomic mass is 10.1. The third kappa shape index (κ3) is 4.54. The molecule has 1 aliphatic rings. The molecule has 0 aromatic heterocycles. The first-order chi connectivity index (χ1) is 10.6. The van der Waals surface area contributed by atoms with Crippen molar-refractivity contribution < 1.29 is 14.3 Å². The van der Waals surface area contributed by atoms with Crippen LogP contribution >= 0.6 is 0 Å². The Kier molecular flexibility index (Phi) is 5.91. The van der Waals surface area contributed by atoms with Gasteiger partial charge in [-0.15, -0.1) is 0 Å². The largest absolute Gasteiger partial charge is 0.375 e. The van der Waals surface area contributed by atoms with E-state index in [0.29, 0.717) is 19.7 Å². The molecular formula is C16H23N3O3. The van der Waals surface area contributed by atoms with Crippen molar-refractivity contribution >= 4 is 11.8 Å². The van der Waals surface area contributed by atoms with Crippen molar-refractivity contribution in [3.8, 4) is 0 Å². The van der Waals surface area contributed by atoms with Crippen LogP contribution in [-0.4, -0.2) is 55.6 Å². The minimum atomic E-state index is -0.388. The van der Waals surface area contributed by atoms with Crippen LogP contribution < -0.4 is 10.6 Å². The zero-order chi connectivity index (χ0) is 15.9. The molecule has 0 aliphatic carbocycles. The molecule has 1 fully saturated rings. The van der Waals surface area contributed by atoms with Gasteiger partial charge in [0, 0.05) is 20.1 Å². The summed E-state index contributed by atoms with van der Waals surface area (Å²) < 4.78 is 5.46. The molecule has 120 valence electrons. The number of carbonyl (C=O) groups excluding carboxylic acids is 2. The molecule has 6 nitrogen and oxygen atoms in total. The maximum Gasteiger partial charge on any atom is 0.242 e. The van der Waals surface area contributed by atoms with Crippen LogP contribution in [0.4, 0.5) is 0 Å². The van der Waals surface area contributed by atoms with Gasteiger partial charge in [0.1, 0.15) is 6.04 Å². The number of carbonyl (C=O) groups is 2. The van der Waals surface area contributed by atoms with E-state index < -0.39 is 0 Å². The first kappa shape index (κ1) is 16.5. The number of amides is 2. The second-order valence-corrected chi connectivity index (χ2v) is 5.46. The molecule has 1 aromatic rings. The van der Waals surface area contributed by atoms with Crippen LogP contribution in [-0.2, 0) is 20.9 Å². The molecule has 1 heterocycles. The van der Waals surface area contributed by atoms with Gasteiger partial charge in [0.25, 0.3) is 0 Å². The number of nitrogens with zero attached hydrogens (tertiary/aromatic N) is 1. The van der Waals surface area contributed by atoms with E-state index >= 15 is 0 Å². The number of hydrogen-bond donors (Lipinski definition) is 2. The van der Waals surface area contributed by atoms with Crippen LogP contribution in [0, 0.1) is 0 Å². The molecular weight excluding hydrogens is 282 g/mol. The lowest BCUT2D eigenvalue weighted by Crippen LogP contribution is -2.56. The van der Waals surface area contributed by atoms with Crippen LogP contribution in [0.2, 0.25) is 0 Å². The highest BCUT2D eigenvalue weighted by molar-refractivity contribution is 5.87. The van der Waals surface area contributed by atoms with Gasteiger partial charge in [-0.25, -0.2) is 0 Å². The van der Waals surface area contributed by atoms with E-state index in [2.05, 4.69) is 10.6 Å². The Bertz CT molecular complexity index is 507. The summed E-state index contributed by atoms with van der Waals surface area (Å²) in [4.78, 5) is 25.7. The highest BCUT2D eigenvalue weighted by Gasteiger charge is 2.30. The Labute approximate surface area is 130 Å². The second-order valence-electron chi connectivity index (χ2n) is 5.46. The summed E-state index contributed by atoms with van der Waals surface area (Å²) in [6.07, 6.45) is -0.184. The third-order valence-corrected chi connectivity index (χ3v) is 3.67. The molecule has 0 unspecified atom stereocenters. The van der Waals surface area contributed by atoms with Gasteiger partial charge in [-0.05, 0) is 12.5 Å². The number of ether oxygens (including phenoxy) is 1. The average molecular weight is 305 g/mol. The van der Waals surface area contributed by atoms with Gasteiger partial charge in [-0.1, -0.05) is 30.3 Å². The summed E-state index contributed by atoms with van der Waals surface area (Å²) in [7, 11) is 1.63. The Balaban J connectivity index is 1.79. The predicted molar refractivity (Wildman–Crippen MR) is 83.1 cm³/mol. The van der Waals surface area contributed by atoms with E-state index in [1.165, 1.54) is 4.90 Å². The lowest BCUT2D eigenvalue weighted by molar-refractivity contribution is -0.141. The number of benzene rings is 1. The van der Waals surface area contributed by atoms with Gasteiger partial charge in [0.05, 0.1) is 19.3 Å². The Morgan fingerprint density at radius 3 is 2.77 bits per heavy atom. The monoisotopic (exact) mass is 305 g/mol. The van der Waals surface area contributed by atoms with Crippen molar-refractivity contribution in [1.29, 1.82) is 0 Å². The first-order valence-electron chi connectivity index (χ1n) is 7.48. The normalized spacial score (nSPS) is 21.2. The summed E-state index contributed by atoms with van der Waals surface area (Å²) >= 11 is 0. The summed E-state index contributed by atoms with van der Waals surface area (Å²) in [6, 6.07) is 9.28. The van der Waals surface area contributed by atoms with Crippen molar-refractivity contribution in [3.63, 3.8) is 0 Å². The fourth-order valence-electron chi connectivity index (χ4n) is 2.39. The first-order valence-corrected chi connectivity index (χ1v) is 7.48. The van der Waals surface area contributed by atoms with Gasteiger partial charge in [-0.3, -0.25) is 9.59 Å². The maximum atomic E-state index is 12.3. The van der Waals surface area contributed by atoms with Crippen molar-refractivity contribution in [2.75, 3.05) is 26.7 Å². The smallest absolute Gasteiger partial charge is 0.242 e. The molecule has 1 saturated heterocycles. The lowest BCUT2D eigenvalue weighted by Gasteiger charge is -2.32. The second kappa shape index (κ2) is 7.91. The van der Waals surface area contributed by atoms with Crippen LogP contribution in [0.5, 0.6) is 0 Å². The number of morpholine rings is 1. The highest BCUT2D eigenvalue weighted by Crippen LogP contribution is 2.06. The number of nitrogens with one attached hydrogen (secondary N) is 2. The third-order valence-electron chi connectivity index (χ3n) is 3.67. The summed E-state index contributed by atoms with van der Waals surface area (Å²) in [5.41, 5.74) is 1.03. The SMILES string of the molecule is C[C@H]1OCCN[C@@H]1C(=O)N(C)CC(=O)NCc1ccccc1. The van der Waals surface area contributed by atoms with Crippen molar-refractivity contribution in [2.24, 2.45) is 0 Å². The Hall–Kier alpha value is -1.92. The molecule has 0 radical (unpaired) electrons. The van der Waals surface area contributed by atoms with E-state index in [9.17, 15) is 9.59 Å². The van der Waals surface area contributed by atoms with Gasteiger partial charge in [0.15, 0.2) is 0 Å². The van der Waals surface area contributed by atoms with Crippen molar-refractivity contribution in [1.82, 2.24) is 15.5 Å². The van der Waals surface area contributed by atoms with Gasteiger partial charge in [-0.2, -0.15) is 0 Å². The molecule has 2 rings (SSSR count). The van der Waals surface area contributed by atoms with Crippen LogP contribution in [0.15, 0.2) is 30.3 Å². The zero-order valence-electron chi connectivity index (χ0n) is 13.0. The van der Waals surface area contributed by atoms with Crippen LogP contribution in [0.1, 0.15) is 12.5 Å². The molecule has 1 aromatic carbocycles. The standard InChI is InChI=1S/C16H23N3O3/c1-12-15(17-8-9-22-12)16(21)19(2)11-14(20)18-10-13-6-4-3-5-7-13/h3-7,12,15,17H,8-11H2,1-2H3,(H,18,20)/t12-,15+/m1/s1. The van der Waals surface area contributed by atoms with Crippen LogP contribution in [0.3, 0.4) is 0 Å². The zero-order valence-corrected chi connectivity index (χ0v) is 13.0. The number of likely N-dealkylation sites (N-methyl/N-ethyl adjacent to an activating group) is 1. The van der Waals surface area contributed by atoms with Crippen molar-refractivity contribution in [3.05, 3.63) is 35.9 Å². The topological polar surface area (TPSA) is 70.7 Å². The van der Waals surface area contributed by atoms with Gasteiger partial charge >= 0.3 is 0 Å². The summed E-state index contributed by atoms with van der Waals surface area (Å²) in [5, 5.41) is 5.95. The number of hydrogen-bond acceptors (Lipinski definition) is 4. The fraction of sp³-hybridized carbons (Fsp3) is 0.500. The predicted octanol–water partition coefficient (Wildman–Crippen LogP) is 0.138. The van der Waals surface area contributed by atoms with E-state index in [0.717, 1.165) is 5.56 Å². The molecule has 2 N–H and O–H groups in total. The molecule has 0 saturated carbocycles.